The van der Waals surface area contributed by atoms with Gasteiger partial charge in [-0.2, -0.15) is 0 Å². The van der Waals surface area contributed by atoms with Gasteiger partial charge in [0.25, 0.3) is 5.91 Å². The average Bonchev–Trinajstić information content (AvgIpc) is 2.42. The standard InChI is InChI=1S/C12H9BrClFN4O/c1-16-10-5-17-9(4-18-10)12(20)19-11-7(13)2-6(15)3-8(11)14/h2-5H,1H3,(H,16,18)(H,19,20). The van der Waals surface area contributed by atoms with Crippen molar-refractivity contribution in [1.29, 1.82) is 0 Å². The molecule has 0 aliphatic rings. The van der Waals surface area contributed by atoms with Gasteiger partial charge in [-0.25, -0.2) is 14.4 Å². The van der Waals surface area contributed by atoms with Crippen LogP contribution in [-0.4, -0.2) is 22.9 Å². The molecule has 2 rings (SSSR count). The third-order valence-corrected chi connectivity index (χ3v) is 3.31. The first-order valence-electron chi connectivity index (χ1n) is 5.47. The van der Waals surface area contributed by atoms with E-state index in [1.165, 1.54) is 18.5 Å². The van der Waals surface area contributed by atoms with Gasteiger partial charge in [-0.05, 0) is 28.1 Å². The molecule has 0 fully saturated rings. The summed E-state index contributed by atoms with van der Waals surface area (Å²) in [5.74, 6) is -0.449. The predicted octanol–water partition coefficient (Wildman–Crippen LogP) is 3.33. The minimum Gasteiger partial charge on any atom is -0.372 e. The zero-order valence-corrected chi connectivity index (χ0v) is 12.6. The van der Waals surface area contributed by atoms with Crippen molar-refractivity contribution in [3.05, 3.63) is 45.5 Å². The third-order valence-electron chi connectivity index (χ3n) is 2.39. The van der Waals surface area contributed by atoms with Crippen LogP contribution in [0.15, 0.2) is 29.0 Å². The molecule has 1 aromatic carbocycles. The highest BCUT2D eigenvalue weighted by Gasteiger charge is 2.14. The highest BCUT2D eigenvalue weighted by molar-refractivity contribution is 9.10. The van der Waals surface area contributed by atoms with Gasteiger partial charge in [0.2, 0.25) is 0 Å². The van der Waals surface area contributed by atoms with Crippen LogP contribution in [0.2, 0.25) is 5.02 Å². The van der Waals surface area contributed by atoms with E-state index in [0.29, 0.717) is 10.3 Å². The molecule has 0 aliphatic heterocycles. The van der Waals surface area contributed by atoms with Crippen molar-refractivity contribution in [2.24, 2.45) is 0 Å². The molecule has 0 spiro atoms. The van der Waals surface area contributed by atoms with Gasteiger partial charge in [-0.3, -0.25) is 4.79 Å². The topological polar surface area (TPSA) is 66.9 Å². The molecule has 8 heteroatoms. The maximum atomic E-state index is 13.1. The minimum atomic E-state index is -0.502. The second-order valence-electron chi connectivity index (χ2n) is 3.74. The van der Waals surface area contributed by atoms with Gasteiger partial charge in [-0.1, -0.05) is 11.6 Å². The number of nitrogens with zero attached hydrogens (tertiary/aromatic N) is 2. The van der Waals surface area contributed by atoms with E-state index in [9.17, 15) is 9.18 Å². The van der Waals surface area contributed by atoms with Crippen molar-refractivity contribution in [1.82, 2.24) is 9.97 Å². The molecule has 0 bridgehead atoms. The van der Waals surface area contributed by atoms with E-state index in [1.807, 2.05) is 0 Å². The van der Waals surface area contributed by atoms with E-state index in [-0.39, 0.29) is 16.4 Å². The zero-order valence-electron chi connectivity index (χ0n) is 10.2. The Kier molecular flexibility index (Phi) is 4.51. The minimum absolute atomic E-state index is 0.0880. The molecule has 1 aromatic heterocycles. The first kappa shape index (κ1) is 14.7. The van der Waals surface area contributed by atoms with Gasteiger partial charge in [-0.15, -0.1) is 0 Å². The number of anilines is 2. The Morgan fingerprint density at radius 2 is 2.10 bits per heavy atom. The fourth-order valence-electron chi connectivity index (χ4n) is 1.41. The lowest BCUT2D eigenvalue weighted by molar-refractivity contribution is 0.102. The molecular weight excluding hydrogens is 351 g/mol. The van der Waals surface area contributed by atoms with Gasteiger partial charge in [0.15, 0.2) is 0 Å². The van der Waals surface area contributed by atoms with E-state index in [0.717, 1.165) is 6.07 Å². The van der Waals surface area contributed by atoms with E-state index < -0.39 is 11.7 Å². The van der Waals surface area contributed by atoms with Gasteiger partial charge in [0.1, 0.15) is 17.3 Å². The summed E-state index contributed by atoms with van der Waals surface area (Å²) in [6.45, 7) is 0. The van der Waals surface area contributed by atoms with Crippen molar-refractivity contribution >= 4 is 44.9 Å². The smallest absolute Gasteiger partial charge is 0.275 e. The first-order chi connectivity index (χ1) is 9.51. The summed E-state index contributed by atoms with van der Waals surface area (Å²) in [6.07, 6.45) is 2.75. The summed E-state index contributed by atoms with van der Waals surface area (Å²) < 4.78 is 13.4. The molecule has 0 atom stereocenters. The van der Waals surface area contributed by atoms with Crippen LogP contribution in [0.25, 0.3) is 0 Å². The van der Waals surface area contributed by atoms with Gasteiger partial charge >= 0.3 is 0 Å². The molecule has 1 amide bonds. The zero-order chi connectivity index (χ0) is 14.7. The fraction of sp³-hybridized carbons (Fsp3) is 0.0833. The lowest BCUT2D eigenvalue weighted by atomic mass is 10.3. The normalized spacial score (nSPS) is 10.2. The second kappa shape index (κ2) is 6.15. The molecular formula is C12H9BrClFN4O. The maximum Gasteiger partial charge on any atom is 0.275 e. The Labute approximate surface area is 127 Å². The number of amides is 1. The monoisotopic (exact) mass is 358 g/mol. The Hall–Kier alpha value is -1.73. The Morgan fingerprint density at radius 3 is 2.65 bits per heavy atom. The van der Waals surface area contributed by atoms with Crippen molar-refractivity contribution in [3.8, 4) is 0 Å². The molecule has 104 valence electrons. The Bertz CT molecular complexity index is 627. The Balaban J connectivity index is 2.23. The van der Waals surface area contributed by atoms with Crippen LogP contribution in [0.1, 0.15) is 10.5 Å². The van der Waals surface area contributed by atoms with E-state index in [2.05, 4.69) is 36.5 Å². The molecule has 0 unspecified atom stereocenters. The number of halogens is 3. The second-order valence-corrected chi connectivity index (χ2v) is 5.00. The molecule has 1 heterocycles. The summed E-state index contributed by atoms with van der Waals surface area (Å²) in [5, 5.41) is 5.43. The van der Waals surface area contributed by atoms with Crippen molar-refractivity contribution < 1.29 is 9.18 Å². The average molecular weight is 360 g/mol. The summed E-state index contributed by atoms with van der Waals surface area (Å²) in [5.41, 5.74) is 0.397. The van der Waals surface area contributed by atoms with E-state index >= 15 is 0 Å². The molecule has 2 N–H and O–H groups in total. The molecule has 2 aromatic rings. The molecule has 5 nitrogen and oxygen atoms in total. The number of hydrogen-bond donors (Lipinski definition) is 2. The van der Waals surface area contributed by atoms with Crippen molar-refractivity contribution in [2.45, 2.75) is 0 Å². The number of hydrogen-bond acceptors (Lipinski definition) is 4. The molecule has 0 radical (unpaired) electrons. The highest BCUT2D eigenvalue weighted by atomic mass is 79.9. The number of carbonyl (C=O) groups excluding carboxylic acids is 1. The number of benzene rings is 1. The lowest BCUT2D eigenvalue weighted by Gasteiger charge is -2.09. The molecule has 0 saturated carbocycles. The Morgan fingerprint density at radius 1 is 1.35 bits per heavy atom. The number of rotatable bonds is 3. The quantitative estimate of drug-likeness (QED) is 0.882. The summed E-state index contributed by atoms with van der Waals surface area (Å²) in [6, 6.07) is 2.31. The van der Waals surface area contributed by atoms with Crippen molar-refractivity contribution in [2.75, 3.05) is 17.7 Å². The van der Waals surface area contributed by atoms with Gasteiger partial charge in [0.05, 0.1) is 23.1 Å². The van der Waals surface area contributed by atoms with Crippen LogP contribution < -0.4 is 10.6 Å². The molecule has 0 saturated heterocycles. The summed E-state index contributed by atoms with van der Waals surface area (Å²) >= 11 is 9.02. The number of carbonyl (C=O) groups is 1. The number of aromatic nitrogens is 2. The van der Waals surface area contributed by atoms with Gasteiger partial charge in [0, 0.05) is 11.5 Å². The largest absolute Gasteiger partial charge is 0.372 e. The van der Waals surface area contributed by atoms with Crippen LogP contribution in [0.5, 0.6) is 0 Å². The lowest BCUT2D eigenvalue weighted by Crippen LogP contribution is -2.15. The summed E-state index contributed by atoms with van der Waals surface area (Å²) in [7, 11) is 1.69. The maximum absolute atomic E-state index is 13.1. The van der Waals surface area contributed by atoms with Crippen LogP contribution in [-0.2, 0) is 0 Å². The van der Waals surface area contributed by atoms with E-state index in [1.54, 1.807) is 7.05 Å². The van der Waals surface area contributed by atoms with Crippen molar-refractivity contribution in [3.63, 3.8) is 0 Å². The van der Waals surface area contributed by atoms with E-state index in [4.69, 9.17) is 11.6 Å². The summed E-state index contributed by atoms with van der Waals surface area (Å²) in [4.78, 5) is 19.9. The van der Waals surface area contributed by atoms with Gasteiger partial charge < -0.3 is 10.6 Å². The highest BCUT2D eigenvalue weighted by Crippen LogP contribution is 2.31. The van der Waals surface area contributed by atoms with Crippen LogP contribution >= 0.6 is 27.5 Å². The predicted molar refractivity (Wildman–Crippen MR) is 78.6 cm³/mol. The van der Waals surface area contributed by atoms with Crippen LogP contribution in [0, 0.1) is 5.82 Å². The third kappa shape index (κ3) is 3.23. The fourth-order valence-corrected chi connectivity index (χ4v) is 2.31. The first-order valence-corrected chi connectivity index (χ1v) is 6.64. The molecule has 0 aliphatic carbocycles. The SMILES string of the molecule is CNc1cnc(C(=O)Nc2c(Cl)cc(F)cc2Br)cn1. The number of nitrogens with one attached hydrogen (secondary N) is 2. The van der Waals surface area contributed by atoms with Crippen LogP contribution in [0.3, 0.4) is 0 Å². The molecule has 20 heavy (non-hydrogen) atoms. The van der Waals surface area contributed by atoms with Crippen LogP contribution in [0.4, 0.5) is 15.9 Å².